The Morgan fingerprint density at radius 1 is 1.54 bits per heavy atom. The molecule has 0 spiro atoms. The number of aliphatic imine (C=N–C) groups is 1. The topological polar surface area (TPSA) is 66.7 Å². The predicted molar refractivity (Wildman–Crippen MR) is 48.1 cm³/mol. The molecular weight excluding hydrogens is 194 g/mol. The highest BCUT2D eigenvalue weighted by atomic mass is 35.5. The standard InChI is InChI=1S/C8H8ClNO3/c1-3-5(8(12)13)4(2)10-7(9)6(3)11/h7H,1-2H3,(H,12,13). The van der Waals surface area contributed by atoms with Gasteiger partial charge >= 0.3 is 5.97 Å². The molecule has 1 atom stereocenters. The summed E-state index contributed by atoms with van der Waals surface area (Å²) in [4.78, 5) is 25.6. The van der Waals surface area contributed by atoms with Crippen LogP contribution in [0.3, 0.4) is 0 Å². The van der Waals surface area contributed by atoms with Gasteiger partial charge in [-0.05, 0) is 13.8 Å². The molecule has 1 N–H and O–H groups in total. The van der Waals surface area contributed by atoms with Crippen LogP contribution in [0.1, 0.15) is 13.8 Å². The number of ketones is 1. The number of rotatable bonds is 1. The highest BCUT2D eigenvalue weighted by molar-refractivity contribution is 6.38. The summed E-state index contributed by atoms with van der Waals surface area (Å²) in [5.74, 6) is -1.58. The Kier molecular flexibility index (Phi) is 2.52. The number of carboxylic acids is 1. The lowest BCUT2D eigenvalue weighted by Crippen LogP contribution is -2.26. The molecule has 5 heteroatoms. The second kappa shape index (κ2) is 3.30. The van der Waals surface area contributed by atoms with Gasteiger partial charge in [-0.1, -0.05) is 11.6 Å². The van der Waals surface area contributed by atoms with E-state index in [1.54, 1.807) is 0 Å². The molecule has 0 aromatic carbocycles. The van der Waals surface area contributed by atoms with Crippen molar-refractivity contribution >= 4 is 29.1 Å². The van der Waals surface area contributed by atoms with Gasteiger partial charge in [-0.2, -0.15) is 0 Å². The zero-order valence-corrected chi connectivity index (χ0v) is 7.92. The van der Waals surface area contributed by atoms with Crippen LogP contribution in [0.5, 0.6) is 0 Å². The number of dihydropyridines is 1. The number of carbonyl (C=O) groups is 2. The van der Waals surface area contributed by atoms with Crippen molar-refractivity contribution in [1.82, 2.24) is 0 Å². The van der Waals surface area contributed by atoms with E-state index in [4.69, 9.17) is 16.7 Å². The Labute approximate surface area is 79.9 Å². The van der Waals surface area contributed by atoms with Crippen LogP contribution in [-0.4, -0.2) is 28.1 Å². The molecule has 0 fully saturated rings. The summed E-state index contributed by atoms with van der Waals surface area (Å²) in [5, 5.41) is 8.75. The van der Waals surface area contributed by atoms with Crippen LogP contribution >= 0.6 is 11.6 Å². The first-order valence-electron chi connectivity index (χ1n) is 3.62. The van der Waals surface area contributed by atoms with Crippen LogP contribution in [0.15, 0.2) is 16.1 Å². The molecule has 1 rings (SSSR count). The quantitative estimate of drug-likeness (QED) is 0.508. The molecule has 0 saturated carbocycles. The first-order chi connectivity index (χ1) is 5.95. The summed E-state index contributed by atoms with van der Waals surface area (Å²) < 4.78 is 0. The average Bonchev–Trinajstić information content (AvgIpc) is 1.99. The van der Waals surface area contributed by atoms with Gasteiger partial charge in [0.15, 0.2) is 11.3 Å². The van der Waals surface area contributed by atoms with E-state index >= 15 is 0 Å². The van der Waals surface area contributed by atoms with Gasteiger partial charge in [0.1, 0.15) is 0 Å². The molecule has 0 aliphatic carbocycles. The van der Waals surface area contributed by atoms with Crippen LogP contribution < -0.4 is 0 Å². The van der Waals surface area contributed by atoms with Crippen molar-refractivity contribution in [3.63, 3.8) is 0 Å². The summed E-state index contributed by atoms with van der Waals surface area (Å²) >= 11 is 5.56. The Balaban J connectivity index is 3.25. The molecule has 1 heterocycles. The van der Waals surface area contributed by atoms with Gasteiger partial charge in [0.05, 0.1) is 5.57 Å². The highest BCUT2D eigenvalue weighted by Gasteiger charge is 2.28. The summed E-state index contributed by atoms with van der Waals surface area (Å²) in [6, 6.07) is 0. The Morgan fingerprint density at radius 3 is 2.54 bits per heavy atom. The van der Waals surface area contributed by atoms with E-state index in [1.165, 1.54) is 13.8 Å². The van der Waals surface area contributed by atoms with Gasteiger partial charge in [0, 0.05) is 11.3 Å². The lowest BCUT2D eigenvalue weighted by atomic mass is 9.99. The van der Waals surface area contributed by atoms with Crippen LogP contribution in [0.2, 0.25) is 0 Å². The maximum atomic E-state index is 11.2. The Hall–Kier alpha value is -1.16. The largest absolute Gasteiger partial charge is 0.478 e. The zero-order chi connectivity index (χ0) is 10.2. The van der Waals surface area contributed by atoms with Gasteiger partial charge in [0.25, 0.3) is 0 Å². The molecule has 0 aromatic rings. The molecule has 0 aromatic heterocycles. The minimum atomic E-state index is -1.14. The number of carboxylic acid groups (broad SMARTS) is 1. The SMILES string of the molecule is CC1=NC(Cl)C(=O)C(C)=C1C(=O)O. The summed E-state index contributed by atoms with van der Waals surface area (Å²) in [6.45, 7) is 2.97. The Bertz CT molecular complexity index is 343. The first kappa shape index (κ1) is 9.92. The molecule has 0 radical (unpaired) electrons. The van der Waals surface area contributed by atoms with Crippen LogP contribution in [0.4, 0.5) is 0 Å². The molecule has 70 valence electrons. The van der Waals surface area contributed by atoms with E-state index in [9.17, 15) is 9.59 Å². The molecule has 4 nitrogen and oxygen atoms in total. The van der Waals surface area contributed by atoms with Gasteiger partial charge in [-0.15, -0.1) is 0 Å². The zero-order valence-electron chi connectivity index (χ0n) is 7.17. The minimum Gasteiger partial charge on any atom is -0.478 e. The molecule has 0 bridgehead atoms. The first-order valence-corrected chi connectivity index (χ1v) is 4.06. The number of nitrogens with zero attached hydrogens (tertiary/aromatic N) is 1. The van der Waals surface area contributed by atoms with Crippen LogP contribution in [0, 0.1) is 0 Å². The lowest BCUT2D eigenvalue weighted by molar-refractivity contribution is -0.132. The van der Waals surface area contributed by atoms with Crippen molar-refractivity contribution in [2.24, 2.45) is 4.99 Å². The second-order valence-electron chi connectivity index (χ2n) is 2.72. The third-order valence-corrected chi connectivity index (χ3v) is 2.14. The summed E-state index contributed by atoms with van der Waals surface area (Å²) in [6.07, 6.45) is 0. The smallest absolute Gasteiger partial charge is 0.337 e. The van der Waals surface area contributed by atoms with Gasteiger partial charge in [-0.3, -0.25) is 9.79 Å². The van der Waals surface area contributed by atoms with Gasteiger partial charge in [0.2, 0.25) is 0 Å². The number of halogens is 1. The van der Waals surface area contributed by atoms with E-state index in [0.717, 1.165) is 0 Å². The lowest BCUT2D eigenvalue weighted by Gasteiger charge is -2.15. The normalized spacial score (nSPS) is 23.2. The third-order valence-electron chi connectivity index (χ3n) is 1.84. The van der Waals surface area contributed by atoms with Crippen LogP contribution in [-0.2, 0) is 9.59 Å². The monoisotopic (exact) mass is 201 g/mol. The Morgan fingerprint density at radius 2 is 2.08 bits per heavy atom. The molecule has 0 saturated heterocycles. The third kappa shape index (κ3) is 1.62. The molecule has 13 heavy (non-hydrogen) atoms. The fourth-order valence-electron chi connectivity index (χ4n) is 1.18. The summed E-state index contributed by atoms with van der Waals surface area (Å²) in [7, 11) is 0. The second-order valence-corrected chi connectivity index (χ2v) is 3.13. The van der Waals surface area contributed by atoms with E-state index < -0.39 is 17.3 Å². The number of alkyl halides is 1. The number of Topliss-reactive ketones (excluding diaryl/α,β-unsaturated/α-hetero) is 1. The predicted octanol–water partition coefficient (Wildman–Crippen LogP) is 0.996. The molecule has 1 aliphatic heterocycles. The van der Waals surface area contributed by atoms with E-state index in [0.29, 0.717) is 5.71 Å². The van der Waals surface area contributed by atoms with E-state index in [1.807, 2.05) is 0 Å². The molecule has 1 aliphatic rings. The maximum absolute atomic E-state index is 11.2. The maximum Gasteiger partial charge on any atom is 0.337 e. The van der Waals surface area contributed by atoms with Crippen LogP contribution in [0.25, 0.3) is 0 Å². The van der Waals surface area contributed by atoms with E-state index in [2.05, 4.69) is 4.99 Å². The number of aliphatic carboxylic acids is 1. The molecule has 0 amide bonds. The van der Waals surface area contributed by atoms with Crippen molar-refractivity contribution in [3.05, 3.63) is 11.1 Å². The number of hydrogen-bond acceptors (Lipinski definition) is 3. The van der Waals surface area contributed by atoms with Gasteiger partial charge < -0.3 is 5.11 Å². The van der Waals surface area contributed by atoms with Crippen molar-refractivity contribution in [2.45, 2.75) is 19.3 Å². The highest BCUT2D eigenvalue weighted by Crippen LogP contribution is 2.19. The van der Waals surface area contributed by atoms with Crippen molar-refractivity contribution in [1.29, 1.82) is 0 Å². The van der Waals surface area contributed by atoms with E-state index in [-0.39, 0.29) is 11.1 Å². The minimum absolute atomic E-state index is 0.0399. The van der Waals surface area contributed by atoms with Crippen molar-refractivity contribution < 1.29 is 14.7 Å². The molecular formula is C8H8ClNO3. The van der Waals surface area contributed by atoms with Crippen molar-refractivity contribution in [2.75, 3.05) is 0 Å². The number of carbonyl (C=O) groups excluding carboxylic acids is 1. The van der Waals surface area contributed by atoms with Gasteiger partial charge in [-0.25, -0.2) is 4.79 Å². The summed E-state index contributed by atoms with van der Waals surface area (Å²) in [5.41, 5.74) is -0.547. The average molecular weight is 202 g/mol. The van der Waals surface area contributed by atoms with Crippen molar-refractivity contribution in [3.8, 4) is 0 Å². The molecule has 1 unspecified atom stereocenters. The fourth-order valence-corrected chi connectivity index (χ4v) is 1.49. The number of hydrogen-bond donors (Lipinski definition) is 1. The fraction of sp³-hybridized carbons (Fsp3) is 0.375.